The molecule has 2 heterocycles. The standard InChI is InChI=1S/C13H14N4OS/c1-9-15-16-13(19-9)14-12(18)8-17-7-6-10-4-2-3-5-11(10)17/h2-5H,6-8H2,1H3,(H,14,16,18). The molecule has 6 heteroatoms. The van der Waals surface area contributed by atoms with Gasteiger partial charge < -0.3 is 4.90 Å². The van der Waals surface area contributed by atoms with Gasteiger partial charge in [0.25, 0.3) is 0 Å². The summed E-state index contributed by atoms with van der Waals surface area (Å²) in [6.45, 7) is 3.11. The van der Waals surface area contributed by atoms with Gasteiger partial charge in [-0.3, -0.25) is 10.1 Å². The molecular formula is C13H14N4OS. The first-order valence-corrected chi connectivity index (χ1v) is 6.97. The average molecular weight is 274 g/mol. The molecule has 19 heavy (non-hydrogen) atoms. The van der Waals surface area contributed by atoms with Crippen molar-refractivity contribution < 1.29 is 4.79 Å². The molecule has 0 aliphatic carbocycles. The lowest BCUT2D eigenvalue weighted by molar-refractivity contribution is -0.115. The number of nitrogens with one attached hydrogen (secondary N) is 1. The molecule has 0 saturated carbocycles. The van der Waals surface area contributed by atoms with Crippen LogP contribution in [0.3, 0.4) is 0 Å². The number of aromatic nitrogens is 2. The zero-order chi connectivity index (χ0) is 13.2. The molecule has 5 nitrogen and oxygen atoms in total. The number of hydrogen-bond donors (Lipinski definition) is 1. The Morgan fingerprint density at radius 1 is 1.42 bits per heavy atom. The van der Waals surface area contributed by atoms with Crippen LogP contribution in [0.15, 0.2) is 24.3 Å². The molecule has 2 aromatic rings. The molecule has 1 aliphatic heterocycles. The van der Waals surface area contributed by atoms with Crippen molar-refractivity contribution in [2.24, 2.45) is 0 Å². The van der Waals surface area contributed by atoms with E-state index in [0.717, 1.165) is 23.7 Å². The summed E-state index contributed by atoms with van der Waals surface area (Å²) in [7, 11) is 0. The van der Waals surface area contributed by atoms with Crippen molar-refractivity contribution in [1.82, 2.24) is 10.2 Å². The third-order valence-corrected chi connectivity index (χ3v) is 3.84. The summed E-state index contributed by atoms with van der Waals surface area (Å²) in [6, 6.07) is 8.21. The Bertz CT molecular complexity index is 610. The van der Waals surface area contributed by atoms with Crippen LogP contribution in [0.5, 0.6) is 0 Å². The molecule has 1 N–H and O–H groups in total. The Labute approximate surface area is 115 Å². The summed E-state index contributed by atoms with van der Waals surface area (Å²) in [4.78, 5) is 14.1. The first-order chi connectivity index (χ1) is 9.22. The molecule has 0 fully saturated rings. The van der Waals surface area contributed by atoms with Crippen LogP contribution in [-0.2, 0) is 11.2 Å². The summed E-state index contributed by atoms with van der Waals surface area (Å²) < 4.78 is 0. The predicted molar refractivity (Wildman–Crippen MR) is 75.6 cm³/mol. The lowest BCUT2D eigenvalue weighted by atomic mass is 10.2. The quantitative estimate of drug-likeness (QED) is 0.928. The lowest BCUT2D eigenvalue weighted by Crippen LogP contribution is -2.31. The summed E-state index contributed by atoms with van der Waals surface area (Å²) in [5.41, 5.74) is 2.47. The van der Waals surface area contributed by atoms with Gasteiger partial charge in [0.1, 0.15) is 5.01 Å². The molecule has 0 spiro atoms. The fourth-order valence-corrected chi connectivity index (χ4v) is 2.86. The van der Waals surface area contributed by atoms with E-state index < -0.39 is 0 Å². The number of aryl methyl sites for hydroxylation is 1. The number of nitrogens with zero attached hydrogens (tertiary/aromatic N) is 3. The predicted octanol–water partition coefficient (Wildman–Crippen LogP) is 1.85. The van der Waals surface area contributed by atoms with E-state index in [4.69, 9.17) is 0 Å². The molecule has 1 aromatic carbocycles. The van der Waals surface area contributed by atoms with Crippen molar-refractivity contribution in [3.8, 4) is 0 Å². The Morgan fingerprint density at radius 2 is 2.26 bits per heavy atom. The van der Waals surface area contributed by atoms with Crippen molar-refractivity contribution >= 4 is 28.1 Å². The van der Waals surface area contributed by atoms with Gasteiger partial charge in [-0.25, -0.2) is 0 Å². The van der Waals surface area contributed by atoms with Crippen LogP contribution in [0.1, 0.15) is 10.6 Å². The second kappa shape index (κ2) is 4.97. The SMILES string of the molecule is Cc1nnc(NC(=O)CN2CCc3ccccc32)s1. The van der Waals surface area contributed by atoms with E-state index in [1.165, 1.54) is 16.9 Å². The van der Waals surface area contributed by atoms with Gasteiger partial charge in [-0.1, -0.05) is 29.5 Å². The maximum atomic E-state index is 12.0. The highest BCUT2D eigenvalue weighted by Crippen LogP contribution is 2.27. The maximum absolute atomic E-state index is 12.0. The largest absolute Gasteiger partial charge is 0.362 e. The lowest BCUT2D eigenvalue weighted by Gasteiger charge is -2.18. The first-order valence-electron chi connectivity index (χ1n) is 6.15. The topological polar surface area (TPSA) is 58.1 Å². The van der Waals surface area contributed by atoms with E-state index in [2.05, 4.69) is 32.5 Å². The summed E-state index contributed by atoms with van der Waals surface area (Å²) in [6.07, 6.45) is 1.00. The van der Waals surface area contributed by atoms with Gasteiger partial charge in [-0.2, -0.15) is 0 Å². The summed E-state index contributed by atoms with van der Waals surface area (Å²) >= 11 is 1.39. The van der Waals surface area contributed by atoms with Crippen LogP contribution in [0, 0.1) is 6.92 Å². The average Bonchev–Trinajstić information content (AvgIpc) is 2.97. The third-order valence-electron chi connectivity index (χ3n) is 3.09. The minimum absolute atomic E-state index is 0.0483. The van der Waals surface area contributed by atoms with Gasteiger partial charge in [0, 0.05) is 12.2 Å². The Kier molecular flexibility index (Phi) is 3.16. The number of rotatable bonds is 3. The molecule has 1 aliphatic rings. The highest BCUT2D eigenvalue weighted by Gasteiger charge is 2.20. The van der Waals surface area contributed by atoms with Crippen molar-refractivity contribution in [2.45, 2.75) is 13.3 Å². The number of para-hydroxylation sites is 1. The van der Waals surface area contributed by atoms with Crippen molar-refractivity contribution in [3.63, 3.8) is 0 Å². The van der Waals surface area contributed by atoms with Crippen molar-refractivity contribution in [3.05, 3.63) is 34.8 Å². The normalized spacial score (nSPS) is 13.4. The van der Waals surface area contributed by atoms with E-state index in [0.29, 0.717) is 11.7 Å². The van der Waals surface area contributed by atoms with Gasteiger partial charge in [0.2, 0.25) is 11.0 Å². The number of fused-ring (bicyclic) bond motifs is 1. The molecule has 3 rings (SSSR count). The fourth-order valence-electron chi connectivity index (χ4n) is 2.25. The van der Waals surface area contributed by atoms with Gasteiger partial charge in [0.05, 0.1) is 6.54 Å². The molecule has 0 atom stereocenters. The van der Waals surface area contributed by atoms with Gasteiger partial charge in [-0.15, -0.1) is 10.2 Å². The number of benzene rings is 1. The molecule has 1 amide bonds. The van der Waals surface area contributed by atoms with E-state index in [1.54, 1.807) is 0 Å². The zero-order valence-corrected chi connectivity index (χ0v) is 11.4. The Balaban J connectivity index is 1.65. The molecular weight excluding hydrogens is 260 g/mol. The molecule has 98 valence electrons. The number of anilines is 2. The second-order valence-electron chi connectivity index (χ2n) is 4.47. The van der Waals surface area contributed by atoms with Gasteiger partial charge in [0.15, 0.2) is 0 Å². The van der Waals surface area contributed by atoms with Crippen LogP contribution < -0.4 is 10.2 Å². The van der Waals surface area contributed by atoms with Crippen LogP contribution in [-0.4, -0.2) is 29.2 Å². The zero-order valence-electron chi connectivity index (χ0n) is 10.6. The summed E-state index contributed by atoms with van der Waals surface area (Å²) in [5, 5.41) is 12.0. The minimum atomic E-state index is -0.0483. The van der Waals surface area contributed by atoms with Crippen LogP contribution >= 0.6 is 11.3 Å². The van der Waals surface area contributed by atoms with Crippen LogP contribution in [0.2, 0.25) is 0 Å². The van der Waals surface area contributed by atoms with Crippen molar-refractivity contribution in [2.75, 3.05) is 23.3 Å². The van der Waals surface area contributed by atoms with E-state index in [1.807, 2.05) is 19.1 Å². The molecule has 0 unspecified atom stereocenters. The van der Waals surface area contributed by atoms with Gasteiger partial charge >= 0.3 is 0 Å². The monoisotopic (exact) mass is 274 g/mol. The number of amides is 1. The van der Waals surface area contributed by atoms with Crippen LogP contribution in [0.25, 0.3) is 0 Å². The third kappa shape index (κ3) is 2.58. The smallest absolute Gasteiger partial charge is 0.245 e. The second-order valence-corrected chi connectivity index (χ2v) is 5.66. The number of carbonyl (C=O) groups is 1. The highest BCUT2D eigenvalue weighted by atomic mass is 32.1. The molecule has 1 aromatic heterocycles. The maximum Gasteiger partial charge on any atom is 0.245 e. The van der Waals surface area contributed by atoms with E-state index in [9.17, 15) is 4.79 Å². The number of hydrogen-bond acceptors (Lipinski definition) is 5. The molecule has 0 radical (unpaired) electrons. The first kappa shape index (κ1) is 12.1. The van der Waals surface area contributed by atoms with Crippen LogP contribution in [0.4, 0.5) is 10.8 Å². The van der Waals surface area contributed by atoms with Gasteiger partial charge in [-0.05, 0) is 25.0 Å². The molecule has 0 saturated heterocycles. The fraction of sp³-hybridized carbons (Fsp3) is 0.308. The number of carbonyl (C=O) groups excluding carboxylic acids is 1. The minimum Gasteiger partial charge on any atom is -0.362 e. The van der Waals surface area contributed by atoms with E-state index in [-0.39, 0.29) is 5.91 Å². The highest BCUT2D eigenvalue weighted by molar-refractivity contribution is 7.15. The van der Waals surface area contributed by atoms with Crippen molar-refractivity contribution in [1.29, 1.82) is 0 Å². The summed E-state index contributed by atoms with van der Waals surface area (Å²) in [5.74, 6) is -0.0483. The Morgan fingerprint density at radius 3 is 3.05 bits per heavy atom. The van der Waals surface area contributed by atoms with E-state index >= 15 is 0 Å². The Hall–Kier alpha value is -1.95. The molecule has 0 bridgehead atoms.